The number of aliphatic carboxylic acids is 1. The predicted octanol–water partition coefficient (Wildman–Crippen LogP) is 5.09. The Bertz CT molecular complexity index is 1600. The zero-order valence-electron chi connectivity index (χ0n) is 23.6. The molecule has 2 atom stereocenters. The standard InChI is InChI=1S/C30H33Cl2FN4O5/c1-16-13-35(14-17(2)36(16)9-8-25(38)39)27-24(33)11-21-26(29(27)42-3)37(20-6-7-20)15-22(28(21)40)30(41)34-12-18-4-5-19(31)10-23(18)32/h4-5,10-11,15-17,20H,6-9,12-14H2,1-3H3,(H,34,41)(H,38,39)/t16-,17+. The molecule has 2 heterocycles. The molecule has 2 fully saturated rings. The number of fused-ring (bicyclic) bond motifs is 1. The van der Waals surface area contributed by atoms with Crippen LogP contribution in [0.1, 0.15) is 55.1 Å². The lowest BCUT2D eigenvalue weighted by Crippen LogP contribution is -2.57. The van der Waals surface area contributed by atoms with E-state index in [1.54, 1.807) is 24.4 Å². The maximum atomic E-state index is 16.0. The van der Waals surface area contributed by atoms with Gasteiger partial charge >= 0.3 is 5.97 Å². The van der Waals surface area contributed by atoms with Crippen molar-refractivity contribution in [2.45, 2.75) is 57.8 Å². The van der Waals surface area contributed by atoms with E-state index >= 15 is 4.39 Å². The summed E-state index contributed by atoms with van der Waals surface area (Å²) in [5.41, 5.74) is 0.660. The molecule has 42 heavy (non-hydrogen) atoms. The predicted molar refractivity (Wildman–Crippen MR) is 161 cm³/mol. The first-order chi connectivity index (χ1) is 20.0. The number of carbonyl (C=O) groups is 2. The Morgan fingerprint density at radius 2 is 1.83 bits per heavy atom. The van der Waals surface area contributed by atoms with E-state index in [0.717, 1.165) is 12.8 Å². The average Bonchev–Trinajstić information content (AvgIpc) is 3.77. The minimum atomic E-state index is -0.862. The molecule has 2 N–H and O–H groups in total. The van der Waals surface area contributed by atoms with E-state index in [1.165, 1.54) is 13.2 Å². The van der Waals surface area contributed by atoms with Crippen molar-refractivity contribution in [3.8, 4) is 5.75 Å². The number of halogens is 3. The minimum absolute atomic E-state index is 0.0264. The molecular weight excluding hydrogens is 586 g/mol. The van der Waals surface area contributed by atoms with Gasteiger partial charge in [-0.1, -0.05) is 29.3 Å². The second kappa shape index (κ2) is 12.1. The van der Waals surface area contributed by atoms with Crippen molar-refractivity contribution < 1.29 is 23.8 Å². The van der Waals surface area contributed by atoms with Crippen LogP contribution in [-0.4, -0.2) is 65.3 Å². The van der Waals surface area contributed by atoms with Gasteiger partial charge in [0.2, 0.25) is 5.43 Å². The average molecular weight is 620 g/mol. The summed E-state index contributed by atoms with van der Waals surface area (Å²) < 4.78 is 23.6. The fourth-order valence-corrected chi connectivity index (χ4v) is 6.35. The number of hydrogen-bond acceptors (Lipinski definition) is 6. The monoisotopic (exact) mass is 618 g/mol. The van der Waals surface area contributed by atoms with Crippen LogP contribution in [0.25, 0.3) is 10.9 Å². The highest BCUT2D eigenvalue weighted by Crippen LogP contribution is 2.44. The van der Waals surface area contributed by atoms with Gasteiger partial charge in [-0.3, -0.25) is 19.3 Å². The second-order valence-electron chi connectivity index (χ2n) is 11.0. The number of pyridine rings is 1. The summed E-state index contributed by atoms with van der Waals surface area (Å²) in [5.74, 6) is -1.83. The number of piperazine rings is 1. The van der Waals surface area contributed by atoms with E-state index in [0.29, 0.717) is 40.8 Å². The molecule has 9 nitrogen and oxygen atoms in total. The third kappa shape index (κ3) is 5.93. The Morgan fingerprint density at radius 1 is 1.14 bits per heavy atom. The maximum absolute atomic E-state index is 16.0. The van der Waals surface area contributed by atoms with Crippen LogP contribution in [0.15, 0.2) is 35.3 Å². The van der Waals surface area contributed by atoms with Gasteiger partial charge < -0.3 is 24.6 Å². The van der Waals surface area contributed by atoms with Crippen molar-refractivity contribution in [3.63, 3.8) is 0 Å². The van der Waals surface area contributed by atoms with E-state index in [1.807, 2.05) is 23.3 Å². The number of hydrogen-bond donors (Lipinski definition) is 2. The highest BCUT2D eigenvalue weighted by molar-refractivity contribution is 6.35. The van der Waals surface area contributed by atoms with Crippen LogP contribution in [0, 0.1) is 5.82 Å². The number of nitrogens with zero attached hydrogens (tertiary/aromatic N) is 3. The molecule has 5 rings (SSSR count). The molecule has 0 bridgehead atoms. The van der Waals surface area contributed by atoms with Crippen molar-refractivity contribution in [2.75, 3.05) is 31.6 Å². The van der Waals surface area contributed by atoms with Crippen LogP contribution < -0.4 is 20.4 Å². The van der Waals surface area contributed by atoms with Crippen molar-refractivity contribution in [3.05, 3.63) is 67.7 Å². The van der Waals surface area contributed by atoms with Gasteiger partial charge in [-0.15, -0.1) is 0 Å². The SMILES string of the molecule is COc1c(N2C[C@@H](C)N(CCC(=O)O)[C@@H](C)C2)c(F)cc2c(=O)c(C(=O)NCc3ccc(Cl)cc3Cl)cn(C3CC3)c12. The number of methoxy groups -OCH3 is 1. The second-order valence-corrected chi connectivity index (χ2v) is 11.9. The van der Waals surface area contributed by atoms with E-state index in [4.69, 9.17) is 33.0 Å². The number of aromatic nitrogens is 1. The van der Waals surface area contributed by atoms with Gasteiger partial charge in [0.05, 0.1) is 24.4 Å². The van der Waals surface area contributed by atoms with Gasteiger partial charge in [-0.05, 0) is 50.5 Å². The number of ether oxygens (including phenoxy) is 1. The van der Waals surface area contributed by atoms with Gasteiger partial charge in [-0.2, -0.15) is 0 Å². The van der Waals surface area contributed by atoms with Crippen LogP contribution >= 0.6 is 23.2 Å². The highest BCUT2D eigenvalue weighted by atomic mass is 35.5. The summed E-state index contributed by atoms with van der Waals surface area (Å²) in [6, 6.07) is 6.09. The van der Waals surface area contributed by atoms with Crippen LogP contribution in [0.3, 0.4) is 0 Å². The summed E-state index contributed by atoms with van der Waals surface area (Å²) in [4.78, 5) is 42.1. The Morgan fingerprint density at radius 3 is 2.43 bits per heavy atom. The molecule has 12 heteroatoms. The van der Waals surface area contributed by atoms with Gasteiger partial charge in [0, 0.05) is 60.5 Å². The molecule has 1 aliphatic heterocycles. The Labute approximate surface area is 252 Å². The van der Waals surface area contributed by atoms with E-state index in [2.05, 4.69) is 10.2 Å². The largest absolute Gasteiger partial charge is 0.492 e. The molecule has 0 radical (unpaired) electrons. The molecule has 1 aromatic heterocycles. The number of anilines is 1. The quantitative estimate of drug-likeness (QED) is 0.344. The number of nitrogens with one attached hydrogen (secondary N) is 1. The number of rotatable bonds is 9. The Balaban J connectivity index is 1.52. The molecule has 0 spiro atoms. The maximum Gasteiger partial charge on any atom is 0.304 e. The molecule has 3 aromatic rings. The Hall–Kier alpha value is -3.34. The van der Waals surface area contributed by atoms with Crippen LogP contribution in [-0.2, 0) is 11.3 Å². The van der Waals surface area contributed by atoms with Crippen molar-refractivity contribution in [2.24, 2.45) is 0 Å². The number of benzene rings is 2. The van der Waals surface area contributed by atoms with Gasteiger partial charge in [0.25, 0.3) is 5.91 Å². The topological polar surface area (TPSA) is 104 Å². The molecule has 2 aromatic carbocycles. The minimum Gasteiger partial charge on any atom is -0.492 e. The first kappa shape index (κ1) is 30.1. The number of amides is 1. The lowest BCUT2D eigenvalue weighted by atomic mass is 10.0. The third-order valence-electron chi connectivity index (χ3n) is 8.04. The summed E-state index contributed by atoms with van der Waals surface area (Å²) >= 11 is 12.2. The normalized spacial score (nSPS) is 19.2. The first-order valence-electron chi connectivity index (χ1n) is 13.9. The lowest BCUT2D eigenvalue weighted by molar-refractivity contribution is -0.137. The van der Waals surface area contributed by atoms with Crippen LogP contribution in [0.2, 0.25) is 10.0 Å². The first-order valence-corrected chi connectivity index (χ1v) is 14.7. The summed E-state index contributed by atoms with van der Waals surface area (Å²) in [6.07, 6.45) is 3.27. The van der Waals surface area contributed by atoms with Gasteiger partial charge in [-0.25, -0.2) is 4.39 Å². The van der Waals surface area contributed by atoms with E-state index < -0.39 is 23.1 Å². The lowest BCUT2D eigenvalue weighted by Gasteiger charge is -2.45. The van der Waals surface area contributed by atoms with Gasteiger partial charge in [0.15, 0.2) is 11.6 Å². The van der Waals surface area contributed by atoms with Crippen LogP contribution in [0.5, 0.6) is 5.75 Å². The summed E-state index contributed by atoms with van der Waals surface area (Å²) in [6.45, 7) is 5.35. The zero-order chi connectivity index (χ0) is 30.3. The van der Waals surface area contributed by atoms with Gasteiger partial charge in [0.1, 0.15) is 11.3 Å². The number of carboxylic acid groups (broad SMARTS) is 1. The number of carbonyl (C=O) groups excluding carboxylic acids is 1. The molecular formula is C30H33Cl2FN4O5. The fraction of sp³-hybridized carbons (Fsp3) is 0.433. The fourth-order valence-electron chi connectivity index (χ4n) is 5.87. The van der Waals surface area contributed by atoms with E-state index in [-0.39, 0.29) is 53.5 Å². The highest BCUT2D eigenvalue weighted by Gasteiger charge is 2.35. The Kier molecular flexibility index (Phi) is 8.68. The molecule has 1 saturated carbocycles. The summed E-state index contributed by atoms with van der Waals surface area (Å²) in [5, 5.41) is 12.8. The smallest absolute Gasteiger partial charge is 0.304 e. The molecule has 1 amide bonds. The molecule has 1 saturated heterocycles. The van der Waals surface area contributed by atoms with E-state index in [9.17, 15) is 14.4 Å². The third-order valence-corrected chi connectivity index (χ3v) is 8.63. The summed E-state index contributed by atoms with van der Waals surface area (Å²) in [7, 11) is 1.45. The molecule has 0 unspecified atom stereocenters. The molecule has 1 aliphatic carbocycles. The molecule has 2 aliphatic rings. The van der Waals surface area contributed by atoms with Crippen molar-refractivity contribution in [1.82, 2.24) is 14.8 Å². The van der Waals surface area contributed by atoms with Crippen molar-refractivity contribution >= 4 is 51.7 Å². The van der Waals surface area contributed by atoms with Crippen LogP contribution in [0.4, 0.5) is 10.1 Å². The van der Waals surface area contributed by atoms with Crippen molar-refractivity contribution in [1.29, 1.82) is 0 Å². The number of carboxylic acids is 1. The zero-order valence-corrected chi connectivity index (χ0v) is 25.1. The molecule has 224 valence electrons.